The van der Waals surface area contributed by atoms with Crippen molar-refractivity contribution in [1.29, 1.82) is 0 Å². The van der Waals surface area contributed by atoms with Crippen LogP contribution >= 0.6 is 11.6 Å². The van der Waals surface area contributed by atoms with Crippen LogP contribution in [0.1, 0.15) is 18.5 Å². The first-order valence-electron chi connectivity index (χ1n) is 10.2. The number of hydrogen-bond donors (Lipinski definition) is 1. The van der Waals surface area contributed by atoms with Crippen molar-refractivity contribution in [2.75, 3.05) is 50.7 Å². The quantitative estimate of drug-likeness (QED) is 0.582. The fourth-order valence-electron chi connectivity index (χ4n) is 4.01. The van der Waals surface area contributed by atoms with Crippen LogP contribution in [0.2, 0.25) is 5.02 Å². The summed E-state index contributed by atoms with van der Waals surface area (Å²) < 4.78 is 13.1. The predicted octanol–water partition coefficient (Wildman–Crippen LogP) is 2.59. The van der Waals surface area contributed by atoms with Crippen molar-refractivity contribution in [3.8, 4) is 11.7 Å². The third-order valence-corrected chi connectivity index (χ3v) is 6.11. The van der Waals surface area contributed by atoms with E-state index in [-0.39, 0.29) is 0 Å². The number of hydrogen-bond acceptors (Lipinski definition) is 8. The smallest absolute Gasteiger partial charge is 0.239 e. The molecule has 9 nitrogen and oxygen atoms in total. The third-order valence-electron chi connectivity index (χ3n) is 5.88. The van der Waals surface area contributed by atoms with Crippen molar-refractivity contribution in [3.05, 3.63) is 28.9 Å². The van der Waals surface area contributed by atoms with Crippen LogP contribution in [0, 0.1) is 0 Å². The molecule has 1 saturated heterocycles. The normalized spacial score (nSPS) is 17.6. The second-order valence-corrected chi connectivity index (χ2v) is 8.19. The van der Waals surface area contributed by atoms with Crippen molar-refractivity contribution in [2.24, 2.45) is 0 Å². The topological polar surface area (TPSA) is 94.4 Å². The van der Waals surface area contributed by atoms with Gasteiger partial charge in [0.05, 0.1) is 36.8 Å². The van der Waals surface area contributed by atoms with E-state index < -0.39 is 5.41 Å². The largest absolute Gasteiger partial charge is 0.491 e. The first-order chi connectivity index (χ1) is 15.1. The molecule has 10 heteroatoms. The van der Waals surface area contributed by atoms with Crippen molar-refractivity contribution in [1.82, 2.24) is 19.5 Å². The Kier molecular flexibility index (Phi) is 4.94. The van der Waals surface area contributed by atoms with Crippen LogP contribution < -0.4 is 15.0 Å². The highest BCUT2D eigenvalue weighted by Crippen LogP contribution is 2.51. The molecule has 1 aromatic carbocycles. The van der Waals surface area contributed by atoms with E-state index in [2.05, 4.69) is 15.2 Å². The van der Waals surface area contributed by atoms with Crippen LogP contribution in [0.4, 0.5) is 11.8 Å². The van der Waals surface area contributed by atoms with E-state index in [0.717, 1.165) is 30.2 Å². The van der Waals surface area contributed by atoms with E-state index in [1.165, 1.54) is 0 Å². The maximum Gasteiger partial charge on any atom is 0.239 e. The molecule has 31 heavy (non-hydrogen) atoms. The standard InChI is InChI=1S/C21H23ClN6O3/c1-23-19-24-14-4-3-13(22)11-15(14)28(19)20-25-17(21(12-29)5-6-21)16(30-2)18(26-20)27-7-9-31-10-8-27/h3-4,11-12H,5-10H2,1-2H3,(H,23,24). The molecule has 0 unspecified atom stereocenters. The van der Waals surface area contributed by atoms with Gasteiger partial charge in [0.2, 0.25) is 11.9 Å². The molecule has 1 aliphatic heterocycles. The molecular weight excluding hydrogens is 420 g/mol. The number of ether oxygens (including phenoxy) is 2. The molecule has 0 atom stereocenters. The zero-order valence-corrected chi connectivity index (χ0v) is 18.1. The van der Waals surface area contributed by atoms with E-state index >= 15 is 0 Å². The van der Waals surface area contributed by atoms with Gasteiger partial charge in [0.15, 0.2) is 11.6 Å². The van der Waals surface area contributed by atoms with Gasteiger partial charge < -0.3 is 24.5 Å². The molecule has 2 fully saturated rings. The van der Waals surface area contributed by atoms with E-state index in [1.54, 1.807) is 20.2 Å². The lowest BCUT2D eigenvalue weighted by molar-refractivity contribution is -0.110. The maximum absolute atomic E-state index is 12.0. The predicted molar refractivity (Wildman–Crippen MR) is 118 cm³/mol. The van der Waals surface area contributed by atoms with Crippen LogP contribution in [-0.4, -0.2) is 66.3 Å². The van der Waals surface area contributed by atoms with Gasteiger partial charge in [0, 0.05) is 25.2 Å². The Morgan fingerprint density at radius 3 is 2.65 bits per heavy atom. The highest BCUT2D eigenvalue weighted by molar-refractivity contribution is 6.31. The first-order valence-corrected chi connectivity index (χ1v) is 10.6. The monoisotopic (exact) mass is 442 g/mol. The highest BCUT2D eigenvalue weighted by Gasteiger charge is 2.49. The number of halogens is 1. The SMILES string of the molecule is CNc1nc2ccc(Cl)cc2n1-c1nc(N2CCOCC2)c(OC)c(C2(C=O)CC2)n1. The van der Waals surface area contributed by atoms with Gasteiger partial charge in [-0.2, -0.15) is 4.98 Å². The van der Waals surface area contributed by atoms with Crippen molar-refractivity contribution in [2.45, 2.75) is 18.3 Å². The van der Waals surface area contributed by atoms with E-state index in [1.807, 2.05) is 16.7 Å². The molecule has 3 heterocycles. The number of morpholine rings is 1. The van der Waals surface area contributed by atoms with Crippen molar-refractivity contribution >= 4 is 40.7 Å². The number of methoxy groups -OCH3 is 1. The Morgan fingerprint density at radius 1 is 1.23 bits per heavy atom. The average molecular weight is 443 g/mol. The van der Waals surface area contributed by atoms with Gasteiger partial charge in [-0.05, 0) is 31.0 Å². The van der Waals surface area contributed by atoms with Gasteiger partial charge in [0.25, 0.3) is 0 Å². The molecule has 2 aromatic heterocycles. The lowest BCUT2D eigenvalue weighted by atomic mass is 10.0. The number of aromatic nitrogens is 4. The minimum Gasteiger partial charge on any atom is -0.491 e. The van der Waals surface area contributed by atoms with Crippen LogP contribution in [0.5, 0.6) is 5.75 Å². The third kappa shape index (κ3) is 3.28. The molecule has 1 aliphatic carbocycles. The molecule has 0 radical (unpaired) electrons. The summed E-state index contributed by atoms with van der Waals surface area (Å²) in [5, 5.41) is 3.70. The van der Waals surface area contributed by atoms with Crippen LogP contribution in [0.25, 0.3) is 17.0 Å². The van der Waals surface area contributed by atoms with Gasteiger partial charge >= 0.3 is 0 Å². The summed E-state index contributed by atoms with van der Waals surface area (Å²) in [5.41, 5.74) is 1.51. The van der Waals surface area contributed by atoms with Crippen LogP contribution in [-0.2, 0) is 14.9 Å². The van der Waals surface area contributed by atoms with E-state index in [9.17, 15) is 4.79 Å². The molecule has 2 aliphatic rings. The molecule has 0 spiro atoms. The summed E-state index contributed by atoms with van der Waals surface area (Å²) in [7, 11) is 3.39. The summed E-state index contributed by atoms with van der Waals surface area (Å²) >= 11 is 6.28. The molecule has 1 N–H and O–H groups in total. The number of anilines is 2. The summed E-state index contributed by atoms with van der Waals surface area (Å²) in [6, 6.07) is 5.49. The summed E-state index contributed by atoms with van der Waals surface area (Å²) in [6.07, 6.45) is 2.45. The van der Waals surface area contributed by atoms with Gasteiger partial charge in [-0.3, -0.25) is 0 Å². The first kappa shape index (κ1) is 20.0. The Balaban J connectivity index is 1.78. The lowest BCUT2D eigenvalue weighted by Gasteiger charge is -2.30. The number of carbonyl (C=O) groups excluding carboxylic acids is 1. The van der Waals surface area contributed by atoms with Crippen LogP contribution in [0.15, 0.2) is 18.2 Å². The molecule has 3 aromatic rings. The van der Waals surface area contributed by atoms with Gasteiger partial charge in [-0.25, -0.2) is 14.5 Å². The second kappa shape index (κ2) is 7.65. The molecule has 162 valence electrons. The zero-order chi connectivity index (χ0) is 21.6. The Bertz CT molecular complexity index is 1150. The van der Waals surface area contributed by atoms with Gasteiger partial charge in [-0.15, -0.1) is 0 Å². The van der Waals surface area contributed by atoms with Crippen molar-refractivity contribution in [3.63, 3.8) is 0 Å². The van der Waals surface area contributed by atoms with Crippen molar-refractivity contribution < 1.29 is 14.3 Å². The average Bonchev–Trinajstić information content (AvgIpc) is 3.53. The number of nitrogens with one attached hydrogen (secondary N) is 1. The lowest BCUT2D eigenvalue weighted by Crippen LogP contribution is -2.37. The fraction of sp³-hybridized carbons (Fsp3) is 0.429. The number of benzene rings is 1. The number of carbonyl (C=O) groups is 1. The summed E-state index contributed by atoms with van der Waals surface area (Å²) in [5.74, 6) is 2.20. The number of aldehydes is 1. The fourth-order valence-corrected chi connectivity index (χ4v) is 4.17. The number of fused-ring (bicyclic) bond motifs is 1. The van der Waals surface area contributed by atoms with E-state index in [4.69, 9.17) is 31.0 Å². The number of nitrogens with zero attached hydrogens (tertiary/aromatic N) is 5. The molecule has 5 rings (SSSR count). The summed E-state index contributed by atoms with van der Waals surface area (Å²) in [4.78, 5) is 28.5. The van der Waals surface area contributed by atoms with Gasteiger partial charge in [-0.1, -0.05) is 11.6 Å². The molecular formula is C21H23ClN6O3. The maximum atomic E-state index is 12.0. The summed E-state index contributed by atoms with van der Waals surface area (Å²) in [6.45, 7) is 2.55. The minimum absolute atomic E-state index is 0.416. The number of rotatable bonds is 6. The van der Waals surface area contributed by atoms with Gasteiger partial charge in [0.1, 0.15) is 12.0 Å². The Morgan fingerprint density at radius 2 is 2.00 bits per heavy atom. The molecule has 1 saturated carbocycles. The zero-order valence-electron chi connectivity index (χ0n) is 17.4. The Labute approximate surface area is 184 Å². The Hall–Kier alpha value is -2.91. The van der Waals surface area contributed by atoms with Crippen LogP contribution in [0.3, 0.4) is 0 Å². The highest BCUT2D eigenvalue weighted by atomic mass is 35.5. The number of imidazole rings is 1. The molecule has 0 amide bonds. The molecule has 0 bridgehead atoms. The van der Waals surface area contributed by atoms with E-state index in [0.29, 0.717) is 60.5 Å². The second-order valence-electron chi connectivity index (χ2n) is 7.76. The minimum atomic E-state index is -0.641.